The number of nitrogens with zero attached hydrogens (tertiary/aromatic N) is 5. The first-order valence-corrected chi connectivity index (χ1v) is 7.85. The summed E-state index contributed by atoms with van der Waals surface area (Å²) in [6, 6.07) is 10.3. The summed E-state index contributed by atoms with van der Waals surface area (Å²) < 4.78 is 4.66. The second-order valence-electron chi connectivity index (χ2n) is 6.04. The fraction of sp³-hybridized carbons (Fsp3) is 0.176. The number of aromatic nitrogens is 5. The standard InChI is InChI=1S/C17H15N5O4.Na/c1-19-14-13(15(25)20(2)17(19)26)22-12(24)8-11(23)21(16(22)18-14)9-10-6-4-3-5-7-10;/h3-8,23H,9H2,1-2H3;/q;+1. The van der Waals surface area contributed by atoms with Gasteiger partial charge < -0.3 is 5.11 Å². The van der Waals surface area contributed by atoms with Crippen molar-refractivity contribution in [3.63, 3.8) is 0 Å². The van der Waals surface area contributed by atoms with Crippen molar-refractivity contribution >= 4 is 16.9 Å². The van der Waals surface area contributed by atoms with Crippen molar-refractivity contribution in [1.82, 2.24) is 23.1 Å². The molecule has 3 heterocycles. The van der Waals surface area contributed by atoms with E-state index in [2.05, 4.69) is 4.98 Å². The number of hydrogen-bond acceptors (Lipinski definition) is 5. The Kier molecular flexibility index (Phi) is 4.85. The van der Waals surface area contributed by atoms with Crippen LogP contribution in [0.15, 0.2) is 50.8 Å². The molecule has 0 amide bonds. The predicted molar refractivity (Wildman–Crippen MR) is 94.6 cm³/mol. The Balaban J connectivity index is 0.00000210. The summed E-state index contributed by atoms with van der Waals surface area (Å²) >= 11 is 0. The van der Waals surface area contributed by atoms with Crippen molar-refractivity contribution in [2.24, 2.45) is 14.1 Å². The molecular weight excluding hydrogens is 361 g/mol. The molecule has 0 spiro atoms. The first kappa shape index (κ1) is 19.2. The molecule has 4 aromatic rings. The zero-order valence-electron chi connectivity index (χ0n) is 15.1. The largest absolute Gasteiger partial charge is 1.00 e. The Hall–Kier alpha value is -2.62. The van der Waals surface area contributed by atoms with E-state index in [1.165, 1.54) is 23.2 Å². The van der Waals surface area contributed by atoms with Gasteiger partial charge in [0.15, 0.2) is 17.0 Å². The van der Waals surface area contributed by atoms with E-state index in [0.717, 1.165) is 20.6 Å². The van der Waals surface area contributed by atoms with Gasteiger partial charge in [-0.05, 0) is 5.56 Å². The van der Waals surface area contributed by atoms with E-state index >= 15 is 0 Å². The summed E-state index contributed by atoms with van der Waals surface area (Å²) in [4.78, 5) is 41.5. The number of imidazole rings is 1. The third-order valence-corrected chi connectivity index (χ3v) is 4.41. The molecule has 0 unspecified atom stereocenters. The molecule has 0 aliphatic carbocycles. The Labute approximate surface area is 174 Å². The summed E-state index contributed by atoms with van der Waals surface area (Å²) in [5.41, 5.74) is -0.803. The summed E-state index contributed by atoms with van der Waals surface area (Å²) in [6.07, 6.45) is 0. The van der Waals surface area contributed by atoms with Crippen molar-refractivity contribution in [2.45, 2.75) is 6.54 Å². The van der Waals surface area contributed by atoms with E-state index in [-0.39, 0.29) is 58.9 Å². The van der Waals surface area contributed by atoms with E-state index in [0.29, 0.717) is 0 Å². The molecule has 1 N–H and O–H groups in total. The maximum Gasteiger partial charge on any atom is 1.00 e. The van der Waals surface area contributed by atoms with Gasteiger partial charge in [-0.3, -0.25) is 23.3 Å². The van der Waals surface area contributed by atoms with Gasteiger partial charge in [-0.15, -0.1) is 0 Å². The Morgan fingerprint density at radius 1 is 1.04 bits per heavy atom. The van der Waals surface area contributed by atoms with Crippen LogP contribution < -0.4 is 46.4 Å². The zero-order chi connectivity index (χ0) is 18.6. The van der Waals surface area contributed by atoms with Gasteiger partial charge in [0.2, 0.25) is 5.78 Å². The summed E-state index contributed by atoms with van der Waals surface area (Å²) in [5.74, 6) is -0.185. The quantitative estimate of drug-likeness (QED) is 0.371. The van der Waals surface area contributed by atoms with Crippen LogP contribution >= 0.6 is 0 Å². The number of aromatic hydroxyl groups is 1. The first-order valence-electron chi connectivity index (χ1n) is 7.85. The second kappa shape index (κ2) is 6.84. The SMILES string of the molecule is Cn1c(=O)c2c(nc3n(Cc4ccccc4)c(O)cc(=O)n23)n(C)c1=O.[Na+]. The number of benzene rings is 1. The maximum atomic E-state index is 12.6. The fourth-order valence-electron chi connectivity index (χ4n) is 3.05. The minimum absolute atomic E-state index is 0. The van der Waals surface area contributed by atoms with E-state index in [4.69, 9.17) is 0 Å². The minimum atomic E-state index is -0.621. The molecule has 0 fully saturated rings. The summed E-state index contributed by atoms with van der Waals surface area (Å²) in [6.45, 7) is 0.244. The van der Waals surface area contributed by atoms with E-state index < -0.39 is 16.8 Å². The molecular formula is C17H15N5NaO4+. The molecule has 3 aromatic heterocycles. The molecule has 0 saturated carbocycles. The van der Waals surface area contributed by atoms with Crippen molar-refractivity contribution in [3.8, 4) is 5.88 Å². The first-order chi connectivity index (χ1) is 12.4. The number of rotatable bonds is 2. The normalized spacial score (nSPS) is 11.0. The Morgan fingerprint density at radius 2 is 1.70 bits per heavy atom. The van der Waals surface area contributed by atoms with Crippen LogP contribution in [0.25, 0.3) is 16.9 Å². The van der Waals surface area contributed by atoms with E-state index in [9.17, 15) is 19.5 Å². The molecule has 0 aliphatic heterocycles. The molecule has 27 heavy (non-hydrogen) atoms. The molecule has 4 rings (SSSR count). The molecule has 1 aromatic carbocycles. The third-order valence-electron chi connectivity index (χ3n) is 4.41. The van der Waals surface area contributed by atoms with Crippen LogP contribution in [0, 0.1) is 0 Å². The van der Waals surface area contributed by atoms with Crippen molar-refractivity contribution in [2.75, 3.05) is 0 Å². The number of aryl methyl sites for hydroxylation is 1. The van der Waals surface area contributed by atoms with Gasteiger partial charge in [0.1, 0.15) is 0 Å². The maximum absolute atomic E-state index is 12.6. The van der Waals surface area contributed by atoms with Crippen LogP contribution in [0.2, 0.25) is 0 Å². The van der Waals surface area contributed by atoms with E-state index in [1.54, 1.807) is 0 Å². The van der Waals surface area contributed by atoms with Gasteiger partial charge in [-0.25, -0.2) is 9.20 Å². The molecule has 0 saturated heterocycles. The Morgan fingerprint density at radius 3 is 2.37 bits per heavy atom. The second-order valence-corrected chi connectivity index (χ2v) is 6.04. The van der Waals surface area contributed by atoms with E-state index in [1.807, 2.05) is 30.3 Å². The molecule has 10 heteroatoms. The molecule has 9 nitrogen and oxygen atoms in total. The topological polar surface area (TPSA) is 104 Å². The molecule has 0 atom stereocenters. The number of hydrogen-bond donors (Lipinski definition) is 1. The minimum Gasteiger partial charge on any atom is -0.494 e. The van der Waals surface area contributed by atoms with Crippen LogP contribution in [0.1, 0.15) is 5.56 Å². The predicted octanol–water partition coefficient (Wildman–Crippen LogP) is -3.20. The molecule has 132 valence electrons. The van der Waals surface area contributed by atoms with Crippen molar-refractivity contribution in [1.29, 1.82) is 0 Å². The van der Waals surface area contributed by atoms with Gasteiger partial charge in [0.25, 0.3) is 11.1 Å². The van der Waals surface area contributed by atoms with Crippen LogP contribution in [0.4, 0.5) is 0 Å². The van der Waals surface area contributed by atoms with Crippen LogP contribution in [0.5, 0.6) is 5.88 Å². The van der Waals surface area contributed by atoms with Gasteiger partial charge in [-0.2, -0.15) is 4.98 Å². The fourth-order valence-corrected chi connectivity index (χ4v) is 3.05. The summed E-state index contributed by atoms with van der Waals surface area (Å²) in [7, 11) is 2.81. The van der Waals surface area contributed by atoms with Gasteiger partial charge in [0.05, 0.1) is 12.6 Å². The monoisotopic (exact) mass is 376 g/mol. The average Bonchev–Trinajstić information content (AvgIpc) is 3.03. The van der Waals surface area contributed by atoms with Gasteiger partial charge >= 0.3 is 35.2 Å². The molecule has 0 aliphatic rings. The van der Waals surface area contributed by atoms with Crippen LogP contribution in [-0.2, 0) is 20.6 Å². The van der Waals surface area contributed by atoms with Crippen molar-refractivity contribution in [3.05, 3.63) is 73.2 Å². The molecule has 0 bridgehead atoms. The van der Waals surface area contributed by atoms with Crippen LogP contribution in [0.3, 0.4) is 0 Å². The van der Waals surface area contributed by atoms with Gasteiger partial charge in [-0.1, -0.05) is 30.3 Å². The molecule has 0 radical (unpaired) electrons. The van der Waals surface area contributed by atoms with Crippen LogP contribution in [-0.4, -0.2) is 28.2 Å². The third kappa shape index (κ3) is 2.84. The zero-order valence-corrected chi connectivity index (χ0v) is 17.1. The number of fused-ring (bicyclic) bond motifs is 3. The smallest absolute Gasteiger partial charge is 0.494 e. The Bertz CT molecular complexity index is 1350. The average molecular weight is 376 g/mol. The van der Waals surface area contributed by atoms with Crippen molar-refractivity contribution < 1.29 is 34.7 Å². The summed E-state index contributed by atoms with van der Waals surface area (Å²) in [5, 5.41) is 10.3. The van der Waals surface area contributed by atoms with Gasteiger partial charge in [0, 0.05) is 14.1 Å².